The first-order chi connectivity index (χ1) is 10.1. The van der Waals surface area contributed by atoms with Gasteiger partial charge in [0, 0.05) is 43.1 Å². The molecule has 0 bridgehead atoms. The highest BCUT2D eigenvalue weighted by molar-refractivity contribution is 6.35. The maximum absolute atomic E-state index is 6.19. The molecule has 1 atom stereocenters. The number of aryl methyl sites for hydroxylation is 1. The van der Waals surface area contributed by atoms with Gasteiger partial charge in [-0.15, -0.1) is 10.2 Å². The van der Waals surface area contributed by atoms with Gasteiger partial charge in [0.25, 0.3) is 0 Å². The van der Waals surface area contributed by atoms with Crippen molar-refractivity contribution < 1.29 is 4.74 Å². The molecule has 2 aromatic rings. The minimum atomic E-state index is 0.193. The molecule has 112 valence electrons. The van der Waals surface area contributed by atoms with Gasteiger partial charge in [-0.3, -0.25) is 0 Å². The minimum Gasteiger partial charge on any atom is -0.492 e. The highest BCUT2D eigenvalue weighted by atomic mass is 35.5. The standard InChI is InChI=1S/C14H16Cl2N4O/c1-20-8-18-19-13(20)2-4-17-12-3-5-21-14-10(12)6-9(15)7-11(14)16/h6-8,12,17H,2-5H2,1H3. The van der Waals surface area contributed by atoms with E-state index in [1.807, 2.05) is 17.7 Å². The highest BCUT2D eigenvalue weighted by Gasteiger charge is 2.23. The van der Waals surface area contributed by atoms with Crippen LogP contribution in [0.25, 0.3) is 0 Å². The molecule has 1 unspecified atom stereocenters. The lowest BCUT2D eigenvalue weighted by Crippen LogP contribution is -2.29. The molecule has 1 aliphatic rings. The quantitative estimate of drug-likeness (QED) is 0.938. The zero-order valence-electron chi connectivity index (χ0n) is 11.6. The van der Waals surface area contributed by atoms with Crippen molar-refractivity contribution in [1.29, 1.82) is 0 Å². The lowest BCUT2D eigenvalue weighted by Gasteiger charge is -2.27. The number of benzene rings is 1. The van der Waals surface area contributed by atoms with E-state index in [2.05, 4.69) is 15.5 Å². The third-order valence-electron chi connectivity index (χ3n) is 3.61. The lowest BCUT2D eigenvalue weighted by molar-refractivity contribution is 0.253. The predicted molar refractivity (Wildman–Crippen MR) is 82.0 cm³/mol. The molecule has 5 nitrogen and oxygen atoms in total. The molecule has 0 amide bonds. The van der Waals surface area contributed by atoms with E-state index in [9.17, 15) is 0 Å². The number of nitrogens with zero attached hydrogens (tertiary/aromatic N) is 3. The Kier molecular flexibility index (Phi) is 4.33. The van der Waals surface area contributed by atoms with Gasteiger partial charge < -0.3 is 14.6 Å². The van der Waals surface area contributed by atoms with Crippen molar-refractivity contribution in [2.24, 2.45) is 7.05 Å². The van der Waals surface area contributed by atoms with Crippen molar-refractivity contribution in [3.05, 3.63) is 39.9 Å². The van der Waals surface area contributed by atoms with Crippen molar-refractivity contribution in [3.8, 4) is 5.75 Å². The number of fused-ring (bicyclic) bond motifs is 1. The maximum Gasteiger partial charge on any atom is 0.142 e. The number of aromatic nitrogens is 3. The van der Waals surface area contributed by atoms with Gasteiger partial charge in [-0.25, -0.2) is 0 Å². The summed E-state index contributed by atoms with van der Waals surface area (Å²) in [4.78, 5) is 0. The van der Waals surface area contributed by atoms with E-state index in [0.717, 1.165) is 36.5 Å². The lowest BCUT2D eigenvalue weighted by atomic mass is 10.0. The fraction of sp³-hybridized carbons (Fsp3) is 0.429. The molecular weight excluding hydrogens is 311 g/mol. The summed E-state index contributed by atoms with van der Waals surface area (Å²) < 4.78 is 7.58. The summed E-state index contributed by atoms with van der Waals surface area (Å²) in [7, 11) is 1.94. The van der Waals surface area contributed by atoms with Crippen LogP contribution in [0.5, 0.6) is 5.75 Å². The van der Waals surface area contributed by atoms with Gasteiger partial charge in [0.15, 0.2) is 0 Å². The van der Waals surface area contributed by atoms with Crippen LogP contribution in [0.4, 0.5) is 0 Å². The molecule has 0 saturated heterocycles. The van der Waals surface area contributed by atoms with Gasteiger partial charge in [-0.2, -0.15) is 0 Å². The number of hydrogen-bond donors (Lipinski definition) is 1. The number of nitrogens with one attached hydrogen (secondary N) is 1. The molecule has 2 heterocycles. The Labute approximate surface area is 133 Å². The molecule has 0 spiro atoms. The Morgan fingerprint density at radius 3 is 3.05 bits per heavy atom. The molecule has 1 aromatic heterocycles. The molecule has 0 radical (unpaired) electrons. The summed E-state index contributed by atoms with van der Waals surface area (Å²) in [6, 6.07) is 3.82. The van der Waals surface area contributed by atoms with Crippen LogP contribution in [0.3, 0.4) is 0 Å². The van der Waals surface area contributed by atoms with Gasteiger partial charge in [-0.1, -0.05) is 23.2 Å². The summed E-state index contributed by atoms with van der Waals surface area (Å²) in [6.07, 6.45) is 3.42. The fourth-order valence-corrected chi connectivity index (χ4v) is 3.09. The molecule has 1 N–H and O–H groups in total. The predicted octanol–water partition coefficient (Wildman–Crippen LogP) is 2.78. The minimum absolute atomic E-state index is 0.193. The van der Waals surface area contributed by atoms with E-state index < -0.39 is 0 Å². The molecule has 0 saturated carbocycles. The van der Waals surface area contributed by atoms with Crippen LogP contribution >= 0.6 is 23.2 Å². The van der Waals surface area contributed by atoms with Crippen LogP contribution in [0.1, 0.15) is 23.9 Å². The largest absolute Gasteiger partial charge is 0.492 e. The Bertz CT molecular complexity index is 644. The van der Waals surface area contributed by atoms with Gasteiger partial charge >= 0.3 is 0 Å². The van der Waals surface area contributed by atoms with Crippen LogP contribution in [0.2, 0.25) is 10.0 Å². The normalized spacial score (nSPS) is 17.4. The van der Waals surface area contributed by atoms with E-state index in [4.69, 9.17) is 27.9 Å². The van der Waals surface area contributed by atoms with Crippen LogP contribution < -0.4 is 10.1 Å². The monoisotopic (exact) mass is 326 g/mol. The van der Waals surface area contributed by atoms with Crippen molar-refractivity contribution in [3.63, 3.8) is 0 Å². The van der Waals surface area contributed by atoms with E-state index in [-0.39, 0.29) is 6.04 Å². The van der Waals surface area contributed by atoms with Gasteiger partial charge in [-0.05, 0) is 12.1 Å². The van der Waals surface area contributed by atoms with E-state index in [0.29, 0.717) is 16.7 Å². The van der Waals surface area contributed by atoms with E-state index in [1.54, 1.807) is 12.4 Å². The van der Waals surface area contributed by atoms with Crippen LogP contribution in [0.15, 0.2) is 18.5 Å². The third-order valence-corrected chi connectivity index (χ3v) is 4.11. The first kappa shape index (κ1) is 14.6. The second-order valence-corrected chi connectivity index (χ2v) is 5.90. The summed E-state index contributed by atoms with van der Waals surface area (Å²) in [6.45, 7) is 1.46. The molecular formula is C14H16Cl2N4O. The summed E-state index contributed by atoms with van der Waals surface area (Å²) in [5.74, 6) is 1.70. The SMILES string of the molecule is Cn1cnnc1CCNC1CCOc2c(Cl)cc(Cl)cc21. The number of rotatable bonds is 4. The first-order valence-electron chi connectivity index (χ1n) is 6.83. The van der Waals surface area contributed by atoms with E-state index in [1.165, 1.54) is 0 Å². The Balaban J connectivity index is 1.69. The van der Waals surface area contributed by atoms with Crippen molar-refractivity contribution in [2.75, 3.05) is 13.2 Å². The smallest absolute Gasteiger partial charge is 0.142 e. The summed E-state index contributed by atoms with van der Waals surface area (Å²) in [5.41, 5.74) is 1.02. The zero-order chi connectivity index (χ0) is 14.8. The Hall–Kier alpha value is -1.30. The summed E-state index contributed by atoms with van der Waals surface area (Å²) in [5, 5.41) is 12.7. The number of halogens is 2. The fourth-order valence-electron chi connectivity index (χ4n) is 2.53. The molecule has 21 heavy (non-hydrogen) atoms. The van der Waals surface area contributed by atoms with Gasteiger partial charge in [0.2, 0.25) is 0 Å². The topological polar surface area (TPSA) is 52.0 Å². The molecule has 0 fully saturated rings. The Morgan fingerprint density at radius 2 is 2.29 bits per heavy atom. The third kappa shape index (κ3) is 3.15. The average molecular weight is 327 g/mol. The zero-order valence-corrected chi connectivity index (χ0v) is 13.2. The molecule has 0 aliphatic carbocycles. The van der Waals surface area contributed by atoms with Crippen molar-refractivity contribution >= 4 is 23.2 Å². The molecule has 7 heteroatoms. The van der Waals surface area contributed by atoms with Crippen LogP contribution in [-0.4, -0.2) is 27.9 Å². The maximum atomic E-state index is 6.19. The van der Waals surface area contributed by atoms with Crippen molar-refractivity contribution in [1.82, 2.24) is 20.1 Å². The molecule has 1 aliphatic heterocycles. The second-order valence-electron chi connectivity index (χ2n) is 5.06. The molecule has 1 aromatic carbocycles. The van der Waals surface area contributed by atoms with Gasteiger partial charge in [0.1, 0.15) is 17.9 Å². The second kappa shape index (κ2) is 6.22. The van der Waals surface area contributed by atoms with Gasteiger partial charge in [0.05, 0.1) is 11.6 Å². The Morgan fingerprint density at radius 1 is 1.43 bits per heavy atom. The van der Waals surface area contributed by atoms with E-state index >= 15 is 0 Å². The van der Waals surface area contributed by atoms with Crippen LogP contribution in [-0.2, 0) is 13.5 Å². The average Bonchev–Trinajstić information content (AvgIpc) is 2.85. The first-order valence-corrected chi connectivity index (χ1v) is 7.58. The summed E-state index contributed by atoms with van der Waals surface area (Å²) >= 11 is 12.3. The molecule has 3 rings (SSSR count). The van der Waals surface area contributed by atoms with Crippen LogP contribution in [0, 0.1) is 0 Å². The number of ether oxygens (including phenoxy) is 1. The highest BCUT2D eigenvalue weighted by Crippen LogP contribution is 2.39. The number of hydrogen-bond acceptors (Lipinski definition) is 4. The van der Waals surface area contributed by atoms with Crippen molar-refractivity contribution in [2.45, 2.75) is 18.9 Å².